The first kappa shape index (κ1) is 7.35. The van der Waals surface area contributed by atoms with Crippen LogP contribution in [0.5, 0.6) is 5.88 Å². The maximum atomic E-state index is 10.8. The Hall–Kier alpha value is -1.76. The fourth-order valence-electron chi connectivity index (χ4n) is 0.685. The molecule has 0 aliphatic heterocycles. The van der Waals surface area contributed by atoms with E-state index in [2.05, 4.69) is 4.74 Å². The van der Waals surface area contributed by atoms with Crippen molar-refractivity contribution in [2.75, 3.05) is 7.11 Å². The highest BCUT2D eigenvalue weighted by Gasteiger charge is 2.04. The molecule has 1 rings (SSSR count). The van der Waals surface area contributed by atoms with Gasteiger partial charge in [0.25, 0.3) is 0 Å². The molecule has 0 N–H and O–H groups in total. The number of methoxy groups -OCH3 is 1. The number of nitrogens with zero attached hydrogens (tertiary/aromatic N) is 2. The van der Waals surface area contributed by atoms with Crippen molar-refractivity contribution in [2.24, 2.45) is 0 Å². The smallest absolute Gasteiger partial charge is 0.380 e. The third-order valence-electron chi connectivity index (χ3n) is 1.22. The average molecular weight is 150 g/mol. The molecular weight excluding hydrogens is 144 g/mol. The van der Waals surface area contributed by atoms with E-state index < -0.39 is 0 Å². The number of pyridine rings is 1. The summed E-state index contributed by atoms with van der Waals surface area (Å²) in [6.45, 7) is 0. The Morgan fingerprint density at radius 3 is 3.00 bits per heavy atom. The molecule has 4 heteroatoms. The van der Waals surface area contributed by atoms with Gasteiger partial charge < -0.3 is 9.94 Å². The number of aromatic nitrogens is 1. The maximum Gasteiger partial charge on any atom is 0.380 e. The molecular formula is C7H6N2O2. The minimum atomic E-state index is 0.129. The highest BCUT2D eigenvalue weighted by atomic mass is 16.5. The van der Waals surface area contributed by atoms with Crippen molar-refractivity contribution < 1.29 is 9.47 Å². The Morgan fingerprint density at radius 2 is 2.45 bits per heavy atom. The summed E-state index contributed by atoms with van der Waals surface area (Å²) in [7, 11) is 1.38. The van der Waals surface area contributed by atoms with E-state index in [-0.39, 0.29) is 5.88 Å². The zero-order valence-electron chi connectivity index (χ0n) is 5.94. The van der Waals surface area contributed by atoms with E-state index in [1.807, 2.05) is 6.07 Å². The number of hydrogen-bond donors (Lipinski definition) is 0. The zero-order valence-corrected chi connectivity index (χ0v) is 5.94. The first-order valence-electron chi connectivity index (χ1n) is 2.95. The van der Waals surface area contributed by atoms with E-state index in [1.165, 1.54) is 25.4 Å². The topological polar surface area (TPSA) is 60.0 Å². The average Bonchev–Trinajstić information content (AvgIpc) is 2.05. The van der Waals surface area contributed by atoms with Crippen molar-refractivity contribution in [3.8, 4) is 11.9 Å². The molecule has 0 amide bonds. The molecule has 56 valence electrons. The van der Waals surface area contributed by atoms with E-state index in [9.17, 15) is 5.21 Å². The lowest BCUT2D eigenvalue weighted by Gasteiger charge is -2.00. The van der Waals surface area contributed by atoms with Crippen LogP contribution < -0.4 is 9.47 Å². The molecule has 1 heterocycles. The normalized spacial score (nSPS) is 8.73. The van der Waals surface area contributed by atoms with Gasteiger partial charge in [0.2, 0.25) is 0 Å². The molecule has 0 saturated heterocycles. The molecule has 0 atom stereocenters. The number of ether oxygens (including phenoxy) is 1. The second-order valence-electron chi connectivity index (χ2n) is 1.90. The van der Waals surface area contributed by atoms with Crippen molar-refractivity contribution in [1.29, 1.82) is 5.26 Å². The minimum absolute atomic E-state index is 0.129. The van der Waals surface area contributed by atoms with Gasteiger partial charge >= 0.3 is 5.88 Å². The summed E-state index contributed by atoms with van der Waals surface area (Å²) < 4.78 is 5.24. The summed E-state index contributed by atoms with van der Waals surface area (Å²) in [4.78, 5) is 0. The third kappa shape index (κ3) is 1.38. The molecule has 0 aliphatic rings. The SMILES string of the molecule is COc1cc(C#N)cc[n+]1[O-]. The summed E-state index contributed by atoms with van der Waals surface area (Å²) in [5.74, 6) is 0.129. The minimum Gasteiger partial charge on any atom is -0.616 e. The highest BCUT2D eigenvalue weighted by Crippen LogP contribution is 2.04. The van der Waals surface area contributed by atoms with Crippen LogP contribution in [-0.4, -0.2) is 7.11 Å². The number of nitriles is 1. The van der Waals surface area contributed by atoms with Crippen LogP contribution in [0.1, 0.15) is 5.56 Å². The molecule has 0 aliphatic carbocycles. The van der Waals surface area contributed by atoms with Gasteiger partial charge in [0.05, 0.1) is 24.8 Å². The Bertz CT molecular complexity index is 304. The van der Waals surface area contributed by atoms with Crippen LogP contribution in [0, 0.1) is 16.5 Å². The fraction of sp³-hybridized carbons (Fsp3) is 0.143. The Labute approximate surface area is 63.8 Å². The molecule has 0 spiro atoms. The van der Waals surface area contributed by atoms with Gasteiger partial charge in [0.15, 0.2) is 6.20 Å². The largest absolute Gasteiger partial charge is 0.616 e. The molecule has 1 aromatic rings. The van der Waals surface area contributed by atoms with Gasteiger partial charge in [-0.3, -0.25) is 0 Å². The lowest BCUT2D eigenvalue weighted by Crippen LogP contribution is -2.27. The zero-order chi connectivity index (χ0) is 8.27. The predicted molar refractivity (Wildman–Crippen MR) is 36.7 cm³/mol. The standard InChI is InChI=1S/C7H6N2O2/c1-11-7-4-6(5-8)2-3-9(7)10/h2-4H,1H3. The Morgan fingerprint density at radius 1 is 1.73 bits per heavy atom. The van der Waals surface area contributed by atoms with Gasteiger partial charge in [0.1, 0.15) is 0 Å². The molecule has 0 aromatic carbocycles. The van der Waals surface area contributed by atoms with Crippen LogP contribution in [0.25, 0.3) is 0 Å². The number of rotatable bonds is 1. The van der Waals surface area contributed by atoms with Crippen molar-refractivity contribution in [3.63, 3.8) is 0 Å². The third-order valence-corrected chi connectivity index (χ3v) is 1.22. The van der Waals surface area contributed by atoms with Gasteiger partial charge in [-0.15, -0.1) is 4.73 Å². The maximum absolute atomic E-state index is 10.8. The molecule has 0 radical (unpaired) electrons. The van der Waals surface area contributed by atoms with Crippen molar-refractivity contribution >= 4 is 0 Å². The lowest BCUT2D eigenvalue weighted by molar-refractivity contribution is -0.612. The lowest BCUT2D eigenvalue weighted by atomic mass is 10.3. The van der Waals surface area contributed by atoms with Gasteiger partial charge in [-0.1, -0.05) is 0 Å². The fourth-order valence-corrected chi connectivity index (χ4v) is 0.685. The molecule has 1 aromatic heterocycles. The van der Waals surface area contributed by atoms with E-state index >= 15 is 0 Å². The van der Waals surface area contributed by atoms with Crippen molar-refractivity contribution in [3.05, 3.63) is 29.1 Å². The summed E-state index contributed by atoms with van der Waals surface area (Å²) in [5, 5.41) is 19.2. The van der Waals surface area contributed by atoms with Gasteiger partial charge in [-0.05, 0) is 0 Å². The quantitative estimate of drug-likeness (QED) is 0.424. The molecule has 4 nitrogen and oxygen atoms in total. The number of hydrogen-bond acceptors (Lipinski definition) is 3. The molecule has 0 saturated carbocycles. The molecule has 0 fully saturated rings. The van der Waals surface area contributed by atoms with Crippen molar-refractivity contribution in [1.82, 2.24) is 0 Å². The highest BCUT2D eigenvalue weighted by molar-refractivity contribution is 5.28. The van der Waals surface area contributed by atoms with Crippen LogP contribution in [0.15, 0.2) is 18.3 Å². The van der Waals surface area contributed by atoms with Crippen LogP contribution in [-0.2, 0) is 0 Å². The van der Waals surface area contributed by atoms with E-state index in [4.69, 9.17) is 5.26 Å². The Balaban J connectivity index is 3.15. The van der Waals surface area contributed by atoms with Crippen LogP contribution in [0.2, 0.25) is 0 Å². The summed E-state index contributed by atoms with van der Waals surface area (Å²) >= 11 is 0. The second-order valence-corrected chi connectivity index (χ2v) is 1.90. The van der Waals surface area contributed by atoms with Gasteiger partial charge in [-0.25, -0.2) is 0 Å². The van der Waals surface area contributed by atoms with E-state index in [1.54, 1.807) is 0 Å². The first-order valence-corrected chi connectivity index (χ1v) is 2.95. The monoisotopic (exact) mass is 150 g/mol. The van der Waals surface area contributed by atoms with E-state index in [0.717, 1.165) is 0 Å². The predicted octanol–water partition coefficient (Wildman–Crippen LogP) is 0.200. The van der Waals surface area contributed by atoms with E-state index in [0.29, 0.717) is 10.3 Å². The van der Waals surface area contributed by atoms with Gasteiger partial charge in [-0.2, -0.15) is 5.26 Å². The molecule has 11 heavy (non-hydrogen) atoms. The van der Waals surface area contributed by atoms with Crippen LogP contribution in [0.3, 0.4) is 0 Å². The van der Waals surface area contributed by atoms with Crippen LogP contribution >= 0.6 is 0 Å². The Kier molecular flexibility index (Phi) is 1.93. The van der Waals surface area contributed by atoms with Crippen molar-refractivity contribution in [2.45, 2.75) is 0 Å². The summed E-state index contributed by atoms with van der Waals surface area (Å²) in [5.41, 5.74) is 0.411. The van der Waals surface area contributed by atoms with Gasteiger partial charge in [0, 0.05) is 6.07 Å². The first-order chi connectivity index (χ1) is 5.27. The summed E-state index contributed by atoms with van der Waals surface area (Å²) in [6, 6.07) is 4.70. The molecule has 0 unspecified atom stereocenters. The second kappa shape index (κ2) is 2.88. The molecule has 0 bridgehead atoms. The summed E-state index contributed by atoms with van der Waals surface area (Å²) in [6.07, 6.45) is 1.23. The van der Waals surface area contributed by atoms with Crippen LogP contribution in [0.4, 0.5) is 0 Å².